The zero-order valence-electron chi connectivity index (χ0n) is 13.6. The van der Waals surface area contributed by atoms with Crippen LogP contribution in [0, 0.1) is 17.5 Å². The predicted molar refractivity (Wildman–Crippen MR) is 95.0 cm³/mol. The fraction of sp³-hybridized carbons (Fsp3) is 0.0500. The summed E-state index contributed by atoms with van der Waals surface area (Å²) in [7, 11) is 0. The van der Waals surface area contributed by atoms with Gasteiger partial charge in [0.25, 0.3) is 11.0 Å². The van der Waals surface area contributed by atoms with Gasteiger partial charge in [-0.1, -0.05) is 72.3 Å². The van der Waals surface area contributed by atoms with Crippen LogP contribution in [0.1, 0.15) is 5.56 Å². The van der Waals surface area contributed by atoms with Crippen LogP contribution < -0.4 is 5.73 Å². The van der Waals surface area contributed by atoms with Crippen molar-refractivity contribution >= 4 is 17.5 Å². The summed E-state index contributed by atoms with van der Waals surface area (Å²) in [5.41, 5.74) is 3.25. The minimum absolute atomic E-state index is 0.132. The Balaban J connectivity index is 2.55. The molecule has 0 saturated carbocycles. The Morgan fingerprint density at radius 2 is 1.22 bits per heavy atom. The zero-order chi connectivity index (χ0) is 19.8. The first-order valence-corrected chi connectivity index (χ1v) is 8.14. The van der Waals surface area contributed by atoms with Crippen molar-refractivity contribution in [2.75, 3.05) is 0 Å². The van der Waals surface area contributed by atoms with Crippen LogP contribution in [0.15, 0.2) is 60.7 Å². The molecule has 1 amide bonds. The molecule has 0 bridgehead atoms. The second-order valence-corrected chi connectivity index (χ2v) is 6.26. The van der Waals surface area contributed by atoms with E-state index < -0.39 is 45.2 Å². The van der Waals surface area contributed by atoms with Crippen LogP contribution in [0.4, 0.5) is 17.6 Å². The van der Waals surface area contributed by atoms with E-state index in [4.69, 9.17) is 17.3 Å². The molecule has 0 aromatic heterocycles. The van der Waals surface area contributed by atoms with Crippen LogP contribution in [-0.2, 0) is 9.92 Å². The predicted octanol–water partition coefficient (Wildman–Crippen LogP) is 5.28. The smallest absolute Gasteiger partial charge is 0.289 e. The first-order valence-electron chi connectivity index (χ1n) is 7.76. The van der Waals surface area contributed by atoms with Crippen molar-refractivity contribution in [1.82, 2.24) is 0 Å². The third-order valence-electron chi connectivity index (χ3n) is 4.07. The fourth-order valence-corrected chi connectivity index (χ4v) is 3.03. The van der Waals surface area contributed by atoms with Crippen LogP contribution >= 0.6 is 11.6 Å². The number of hydrogen-bond acceptors (Lipinski definition) is 1. The van der Waals surface area contributed by atoms with Gasteiger partial charge in [-0.3, -0.25) is 4.79 Å². The Kier molecular flexibility index (Phi) is 4.93. The minimum atomic E-state index is -3.59. The van der Waals surface area contributed by atoms with E-state index in [1.807, 2.05) is 0 Å². The van der Waals surface area contributed by atoms with Crippen molar-refractivity contribution in [2.45, 2.75) is 5.13 Å². The van der Waals surface area contributed by atoms with Crippen molar-refractivity contribution < 1.29 is 22.4 Å². The Morgan fingerprint density at radius 1 is 0.778 bits per heavy atom. The molecule has 1 atom stereocenters. The monoisotopic (exact) mass is 393 g/mol. The minimum Gasteiger partial charge on any atom is -0.365 e. The summed E-state index contributed by atoms with van der Waals surface area (Å²) in [5.74, 6) is -7.14. The first-order chi connectivity index (χ1) is 12.8. The highest BCUT2D eigenvalue weighted by atomic mass is 35.5. The Labute approximate surface area is 157 Å². The molecule has 0 aliphatic carbocycles. The maximum Gasteiger partial charge on any atom is 0.289 e. The highest BCUT2D eigenvalue weighted by Crippen LogP contribution is 2.46. The molecule has 27 heavy (non-hydrogen) atoms. The normalized spacial score (nSPS) is 13.2. The van der Waals surface area contributed by atoms with Gasteiger partial charge >= 0.3 is 0 Å². The molecule has 138 valence electrons. The van der Waals surface area contributed by atoms with Gasteiger partial charge in [0.15, 0.2) is 17.5 Å². The average molecular weight is 394 g/mol. The fourth-order valence-electron chi connectivity index (χ4n) is 2.85. The number of carbonyl (C=O) groups excluding carboxylic acids is 1. The number of amides is 1. The molecule has 0 unspecified atom stereocenters. The van der Waals surface area contributed by atoms with Gasteiger partial charge in [-0.15, -0.1) is 0 Å². The molecule has 3 aromatic carbocycles. The van der Waals surface area contributed by atoms with E-state index in [-0.39, 0.29) is 11.1 Å². The standard InChI is InChI=1S/C20H12ClF4NO/c21-20(25,19(26)27)15-13(11-7-3-1-4-8-11)14(12-9-5-2-6-10-12)16(22)18(24)17(15)23/h1-10H,(H2,26,27)/t20-/m1/s1. The van der Waals surface area contributed by atoms with Gasteiger partial charge in [-0.2, -0.15) is 0 Å². The van der Waals surface area contributed by atoms with Gasteiger partial charge in [-0.25, -0.2) is 17.6 Å². The van der Waals surface area contributed by atoms with Gasteiger partial charge < -0.3 is 5.73 Å². The van der Waals surface area contributed by atoms with Crippen LogP contribution in [0.2, 0.25) is 0 Å². The van der Waals surface area contributed by atoms with Crippen molar-refractivity contribution in [3.8, 4) is 22.3 Å². The highest BCUT2D eigenvalue weighted by molar-refractivity contribution is 6.33. The third kappa shape index (κ3) is 3.17. The number of carbonyl (C=O) groups is 1. The summed E-state index contributed by atoms with van der Waals surface area (Å²) in [4.78, 5) is 11.5. The number of halogens is 5. The summed E-state index contributed by atoms with van der Waals surface area (Å²) in [6.45, 7) is 0. The van der Waals surface area contributed by atoms with E-state index in [0.717, 1.165) is 0 Å². The summed E-state index contributed by atoms with van der Waals surface area (Å²) in [6, 6.07) is 15.1. The molecule has 2 nitrogen and oxygen atoms in total. The molecule has 0 aliphatic rings. The Morgan fingerprint density at radius 3 is 1.67 bits per heavy atom. The quantitative estimate of drug-likeness (QED) is 0.365. The summed E-state index contributed by atoms with van der Waals surface area (Å²) in [5, 5.41) is -3.59. The van der Waals surface area contributed by atoms with E-state index in [1.165, 1.54) is 36.4 Å². The topological polar surface area (TPSA) is 43.1 Å². The van der Waals surface area contributed by atoms with Gasteiger partial charge in [0.2, 0.25) is 0 Å². The van der Waals surface area contributed by atoms with Crippen LogP contribution in [0.5, 0.6) is 0 Å². The summed E-state index contributed by atoms with van der Waals surface area (Å²) in [6.07, 6.45) is 0. The van der Waals surface area contributed by atoms with E-state index in [1.54, 1.807) is 24.3 Å². The van der Waals surface area contributed by atoms with E-state index >= 15 is 0 Å². The molecule has 0 heterocycles. The van der Waals surface area contributed by atoms with E-state index in [2.05, 4.69) is 0 Å². The number of nitrogens with two attached hydrogens (primary N) is 1. The molecule has 0 radical (unpaired) electrons. The molecule has 0 saturated heterocycles. The third-order valence-corrected chi connectivity index (χ3v) is 4.45. The van der Waals surface area contributed by atoms with E-state index in [0.29, 0.717) is 0 Å². The van der Waals surface area contributed by atoms with Crippen molar-refractivity contribution in [3.05, 3.63) is 83.7 Å². The van der Waals surface area contributed by atoms with Crippen molar-refractivity contribution in [2.24, 2.45) is 5.73 Å². The number of benzene rings is 3. The molecule has 3 rings (SSSR count). The Bertz CT molecular complexity index is 1010. The molecule has 0 aliphatic heterocycles. The molecule has 0 spiro atoms. The maximum atomic E-state index is 14.9. The SMILES string of the molecule is NC(=O)[C@@](F)(Cl)c1c(F)c(F)c(F)c(-c2ccccc2)c1-c1ccccc1. The van der Waals surface area contributed by atoms with Gasteiger partial charge in [0.05, 0.1) is 5.56 Å². The largest absolute Gasteiger partial charge is 0.365 e. The number of rotatable bonds is 4. The van der Waals surface area contributed by atoms with Crippen LogP contribution in [0.3, 0.4) is 0 Å². The summed E-state index contributed by atoms with van der Waals surface area (Å²) >= 11 is 5.57. The average Bonchev–Trinajstić information content (AvgIpc) is 2.66. The number of alkyl halides is 2. The lowest BCUT2D eigenvalue weighted by molar-refractivity contribution is -0.125. The molecule has 7 heteroatoms. The number of hydrogen-bond donors (Lipinski definition) is 1. The van der Waals surface area contributed by atoms with E-state index in [9.17, 15) is 22.4 Å². The summed E-state index contributed by atoms with van der Waals surface area (Å²) < 4.78 is 58.6. The molecule has 2 N–H and O–H groups in total. The second kappa shape index (κ2) is 7.04. The lowest BCUT2D eigenvalue weighted by Crippen LogP contribution is -2.34. The Hall–Kier alpha value is -2.86. The molecular formula is C20H12ClF4NO. The van der Waals surface area contributed by atoms with Crippen molar-refractivity contribution in [3.63, 3.8) is 0 Å². The van der Waals surface area contributed by atoms with Crippen molar-refractivity contribution in [1.29, 1.82) is 0 Å². The number of primary amides is 1. The zero-order valence-corrected chi connectivity index (χ0v) is 14.4. The van der Waals surface area contributed by atoms with Gasteiger partial charge in [-0.05, 0) is 11.1 Å². The molecule has 0 fully saturated rings. The van der Waals surface area contributed by atoms with Crippen LogP contribution in [-0.4, -0.2) is 5.91 Å². The molecular weight excluding hydrogens is 382 g/mol. The van der Waals surface area contributed by atoms with Gasteiger partial charge in [0.1, 0.15) is 0 Å². The van der Waals surface area contributed by atoms with Crippen LogP contribution in [0.25, 0.3) is 22.3 Å². The van der Waals surface area contributed by atoms with Gasteiger partial charge in [0, 0.05) is 11.1 Å². The maximum absolute atomic E-state index is 14.9. The lowest BCUT2D eigenvalue weighted by Gasteiger charge is -2.23. The second-order valence-electron chi connectivity index (χ2n) is 5.74. The molecule has 3 aromatic rings. The highest BCUT2D eigenvalue weighted by Gasteiger charge is 2.44. The first kappa shape index (κ1) is 18.9. The lowest BCUT2D eigenvalue weighted by atomic mass is 9.87.